The number of hydrogen-bond acceptors (Lipinski definition) is 6. The molecule has 0 radical (unpaired) electrons. The van der Waals surface area contributed by atoms with E-state index < -0.39 is 0 Å². The van der Waals surface area contributed by atoms with Gasteiger partial charge < -0.3 is 14.6 Å². The molecule has 0 aliphatic carbocycles. The third-order valence-corrected chi connectivity index (χ3v) is 6.07. The Balaban J connectivity index is 1.54. The zero-order valence-electron chi connectivity index (χ0n) is 15.2. The number of fused-ring (bicyclic) bond motifs is 1. The molecule has 2 aliphatic heterocycles. The molecule has 4 heterocycles. The highest BCUT2D eigenvalue weighted by molar-refractivity contribution is 7.09. The first kappa shape index (κ1) is 17.6. The van der Waals surface area contributed by atoms with Crippen LogP contribution in [0.4, 0.5) is 0 Å². The second-order valence-electron chi connectivity index (χ2n) is 7.45. The standard InChI is InChI=1S/C18H25N5O2S/c1-12(2)18(25)21-5-6-23-16(11-21)19-20-17(23)15-8-13(24)9-22(15)10-14-4-3-7-26-14/h3-4,7,12-13,15,24H,5-6,8-11H2,1-2H3/t13-,15-/m0/s1. The molecule has 1 amide bonds. The minimum atomic E-state index is -0.337. The van der Waals surface area contributed by atoms with E-state index in [4.69, 9.17) is 0 Å². The average molecular weight is 375 g/mol. The van der Waals surface area contributed by atoms with Crippen LogP contribution in [-0.4, -0.2) is 54.8 Å². The molecule has 1 fully saturated rings. The molecule has 2 aromatic rings. The van der Waals surface area contributed by atoms with Gasteiger partial charge >= 0.3 is 0 Å². The molecule has 1 N–H and O–H groups in total. The maximum atomic E-state index is 12.3. The average Bonchev–Trinajstić information content (AvgIpc) is 3.34. The zero-order chi connectivity index (χ0) is 18.3. The molecule has 0 aromatic carbocycles. The Hall–Kier alpha value is -1.77. The van der Waals surface area contributed by atoms with Gasteiger partial charge in [-0.3, -0.25) is 9.69 Å². The van der Waals surface area contributed by atoms with Crippen molar-refractivity contribution >= 4 is 17.2 Å². The highest BCUT2D eigenvalue weighted by atomic mass is 32.1. The van der Waals surface area contributed by atoms with Gasteiger partial charge in [-0.25, -0.2) is 0 Å². The number of aromatic nitrogens is 3. The van der Waals surface area contributed by atoms with Crippen LogP contribution in [0.3, 0.4) is 0 Å². The highest BCUT2D eigenvalue weighted by Crippen LogP contribution is 2.34. The number of carbonyl (C=O) groups excluding carboxylic acids is 1. The SMILES string of the molecule is CC(C)C(=O)N1CCn2c(nnc2[C@@H]2C[C@H](O)CN2Cc2cccs2)C1. The first-order chi connectivity index (χ1) is 12.5. The minimum Gasteiger partial charge on any atom is -0.392 e. The first-order valence-electron chi connectivity index (χ1n) is 9.18. The molecule has 2 aromatic heterocycles. The summed E-state index contributed by atoms with van der Waals surface area (Å²) in [5.74, 6) is 1.93. The Bertz CT molecular complexity index is 773. The summed E-state index contributed by atoms with van der Waals surface area (Å²) in [5, 5.41) is 21.1. The number of nitrogens with zero attached hydrogens (tertiary/aromatic N) is 5. The second kappa shape index (κ2) is 7.09. The predicted octanol–water partition coefficient (Wildman–Crippen LogP) is 1.65. The third kappa shape index (κ3) is 3.28. The van der Waals surface area contributed by atoms with E-state index in [2.05, 4.69) is 37.2 Å². The van der Waals surface area contributed by atoms with Gasteiger partial charge in [0, 0.05) is 37.0 Å². The third-order valence-electron chi connectivity index (χ3n) is 5.21. The largest absolute Gasteiger partial charge is 0.392 e. The van der Waals surface area contributed by atoms with Crippen LogP contribution in [-0.2, 0) is 24.4 Å². The van der Waals surface area contributed by atoms with E-state index in [1.807, 2.05) is 18.7 Å². The van der Waals surface area contributed by atoms with Crippen molar-refractivity contribution in [3.05, 3.63) is 34.0 Å². The minimum absolute atomic E-state index is 0.00444. The van der Waals surface area contributed by atoms with Crippen molar-refractivity contribution in [3.8, 4) is 0 Å². The van der Waals surface area contributed by atoms with Gasteiger partial charge in [0.1, 0.15) is 0 Å². The Morgan fingerprint density at radius 2 is 2.23 bits per heavy atom. The number of rotatable bonds is 4. The van der Waals surface area contributed by atoms with Crippen LogP contribution in [0.5, 0.6) is 0 Å². The van der Waals surface area contributed by atoms with E-state index in [-0.39, 0.29) is 24.0 Å². The zero-order valence-corrected chi connectivity index (χ0v) is 16.0. The van der Waals surface area contributed by atoms with Gasteiger partial charge in [-0.1, -0.05) is 19.9 Å². The summed E-state index contributed by atoms with van der Waals surface area (Å²) in [4.78, 5) is 17.7. The van der Waals surface area contributed by atoms with Crippen molar-refractivity contribution in [2.45, 2.75) is 52.0 Å². The number of aliphatic hydroxyl groups is 1. The van der Waals surface area contributed by atoms with E-state index >= 15 is 0 Å². The van der Waals surface area contributed by atoms with Gasteiger partial charge in [0.05, 0.1) is 18.7 Å². The first-order valence-corrected chi connectivity index (χ1v) is 10.1. The van der Waals surface area contributed by atoms with Crippen molar-refractivity contribution < 1.29 is 9.90 Å². The fraction of sp³-hybridized carbons (Fsp3) is 0.611. The fourth-order valence-corrected chi connectivity index (χ4v) is 4.63. The summed E-state index contributed by atoms with van der Waals surface area (Å²) in [5.41, 5.74) is 0. The van der Waals surface area contributed by atoms with Gasteiger partial charge in [-0.05, 0) is 17.9 Å². The quantitative estimate of drug-likeness (QED) is 0.879. The Morgan fingerprint density at radius 3 is 2.96 bits per heavy atom. The van der Waals surface area contributed by atoms with Crippen LogP contribution in [0.15, 0.2) is 17.5 Å². The molecule has 2 atom stereocenters. The summed E-state index contributed by atoms with van der Waals surface area (Å²) >= 11 is 1.73. The molecule has 140 valence electrons. The normalized spacial score (nSPS) is 23.6. The molecule has 0 saturated carbocycles. The molecule has 8 heteroatoms. The molecule has 0 unspecified atom stereocenters. The molecular formula is C18H25N5O2S. The lowest BCUT2D eigenvalue weighted by Gasteiger charge is -2.30. The van der Waals surface area contributed by atoms with E-state index in [9.17, 15) is 9.90 Å². The predicted molar refractivity (Wildman–Crippen MR) is 98.4 cm³/mol. The molecule has 2 aliphatic rings. The van der Waals surface area contributed by atoms with E-state index in [1.54, 1.807) is 11.3 Å². The monoisotopic (exact) mass is 375 g/mol. The van der Waals surface area contributed by atoms with Crippen molar-refractivity contribution in [3.63, 3.8) is 0 Å². The Kier molecular flexibility index (Phi) is 4.81. The second-order valence-corrected chi connectivity index (χ2v) is 8.49. The van der Waals surface area contributed by atoms with E-state index in [0.29, 0.717) is 26.1 Å². The van der Waals surface area contributed by atoms with Gasteiger partial charge in [-0.15, -0.1) is 21.5 Å². The van der Waals surface area contributed by atoms with Crippen molar-refractivity contribution in [1.29, 1.82) is 0 Å². The Morgan fingerprint density at radius 1 is 1.38 bits per heavy atom. The van der Waals surface area contributed by atoms with E-state index in [0.717, 1.165) is 24.7 Å². The molecule has 26 heavy (non-hydrogen) atoms. The smallest absolute Gasteiger partial charge is 0.225 e. The number of β-amino-alcohol motifs (C(OH)–C–C–N with tert-alkyl or cyclic N) is 1. The fourth-order valence-electron chi connectivity index (χ4n) is 3.91. The Labute approximate surface area is 157 Å². The van der Waals surface area contributed by atoms with Crippen molar-refractivity contribution in [2.24, 2.45) is 5.92 Å². The lowest BCUT2D eigenvalue weighted by Crippen LogP contribution is -2.41. The van der Waals surface area contributed by atoms with Crippen LogP contribution in [0.1, 0.15) is 42.8 Å². The molecule has 7 nitrogen and oxygen atoms in total. The summed E-state index contributed by atoms with van der Waals surface area (Å²) in [7, 11) is 0. The molecule has 0 bridgehead atoms. The lowest BCUT2D eigenvalue weighted by molar-refractivity contribution is -0.136. The number of amides is 1. The van der Waals surface area contributed by atoms with Gasteiger partial charge in [0.25, 0.3) is 0 Å². The summed E-state index contributed by atoms with van der Waals surface area (Å²) < 4.78 is 2.15. The number of thiophene rings is 1. The topological polar surface area (TPSA) is 74.5 Å². The molecule has 4 rings (SSSR count). The maximum Gasteiger partial charge on any atom is 0.225 e. The van der Waals surface area contributed by atoms with Crippen LogP contribution in [0, 0.1) is 5.92 Å². The van der Waals surface area contributed by atoms with Crippen LogP contribution in [0.25, 0.3) is 0 Å². The summed E-state index contributed by atoms with van der Waals surface area (Å²) in [6.07, 6.45) is 0.341. The molecular weight excluding hydrogens is 350 g/mol. The van der Waals surface area contributed by atoms with Crippen molar-refractivity contribution in [2.75, 3.05) is 13.1 Å². The lowest BCUT2D eigenvalue weighted by atomic mass is 10.1. The van der Waals surface area contributed by atoms with Gasteiger partial charge in [0.15, 0.2) is 11.6 Å². The van der Waals surface area contributed by atoms with Crippen molar-refractivity contribution in [1.82, 2.24) is 24.6 Å². The van der Waals surface area contributed by atoms with Crippen LogP contribution >= 0.6 is 11.3 Å². The van der Waals surface area contributed by atoms with Crippen LogP contribution < -0.4 is 0 Å². The van der Waals surface area contributed by atoms with Gasteiger partial charge in [-0.2, -0.15) is 0 Å². The number of hydrogen-bond donors (Lipinski definition) is 1. The summed E-state index contributed by atoms with van der Waals surface area (Å²) in [6.45, 7) is 7.25. The van der Waals surface area contributed by atoms with Crippen LogP contribution in [0.2, 0.25) is 0 Å². The number of carbonyl (C=O) groups is 1. The van der Waals surface area contributed by atoms with Gasteiger partial charge in [0.2, 0.25) is 5.91 Å². The highest BCUT2D eigenvalue weighted by Gasteiger charge is 2.37. The summed E-state index contributed by atoms with van der Waals surface area (Å²) in [6, 6.07) is 4.25. The molecule has 0 spiro atoms. The van der Waals surface area contributed by atoms with E-state index in [1.165, 1.54) is 4.88 Å². The number of likely N-dealkylation sites (tertiary alicyclic amines) is 1. The molecule has 1 saturated heterocycles. The maximum absolute atomic E-state index is 12.3. The number of aliphatic hydroxyl groups excluding tert-OH is 1.